The summed E-state index contributed by atoms with van der Waals surface area (Å²) in [5.74, 6) is -0.584. The molecule has 5 aromatic rings. The van der Waals surface area contributed by atoms with Crippen molar-refractivity contribution in [1.29, 1.82) is 5.41 Å². The third-order valence-corrected chi connectivity index (χ3v) is 7.83. The predicted molar refractivity (Wildman–Crippen MR) is 177 cm³/mol. The van der Waals surface area contributed by atoms with Crippen molar-refractivity contribution >= 4 is 28.6 Å². The number of halogens is 2. The zero-order chi connectivity index (χ0) is 31.9. The number of aromatic nitrogens is 4. The lowest BCUT2D eigenvalue weighted by Gasteiger charge is -2.20. The number of nitrogens with two attached hydrogens (primary N) is 2. The predicted octanol–water partition coefficient (Wildman–Crippen LogP) is 4.79. The van der Waals surface area contributed by atoms with Gasteiger partial charge in [-0.05, 0) is 92.2 Å². The zero-order valence-electron chi connectivity index (χ0n) is 25.0. The Morgan fingerprint density at radius 3 is 2.64 bits per heavy atom. The molecule has 12 heteroatoms. The fourth-order valence-electron chi connectivity index (χ4n) is 5.30. The van der Waals surface area contributed by atoms with Crippen molar-refractivity contribution in [3.63, 3.8) is 0 Å². The molecule has 0 unspecified atom stereocenters. The monoisotopic (exact) mass is 629 g/mol. The van der Waals surface area contributed by atoms with E-state index >= 15 is 4.39 Å². The molecule has 5 rings (SSSR count). The highest BCUT2D eigenvalue weighted by Crippen LogP contribution is 2.31. The van der Waals surface area contributed by atoms with E-state index in [9.17, 15) is 4.79 Å². The van der Waals surface area contributed by atoms with Crippen molar-refractivity contribution < 1.29 is 4.39 Å². The van der Waals surface area contributed by atoms with Crippen LogP contribution in [-0.2, 0) is 6.42 Å². The molecule has 10 nitrogen and oxygen atoms in total. The Morgan fingerprint density at radius 2 is 1.93 bits per heavy atom. The molecular formula is C33H37ClFN9O. The van der Waals surface area contributed by atoms with Crippen LogP contribution in [0.15, 0.2) is 78.0 Å². The van der Waals surface area contributed by atoms with Gasteiger partial charge in [0, 0.05) is 42.1 Å². The first-order valence-corrected chi connectivity index (χ1v) is 15.2. The van der Waals surface area contributed by atoms with E-state index in [2.05, 4.69) is 25.6 Å². The summed E-state index contributed by atoms with van der Waals surface area (Å²) in [6.45, 7) is 3.22. The molecule has 0 bridgehead atoms. The molecule has 234 valence electrons. The summed E-state index contributed by atoms with van der Waals surface area (Å²) in [5.41, 5.74) is 15.5. The molecule has 0 saturated heterocycles. The summed E-state index contributed by atoms with van der Waals surface area (Å²) < 4.78 is 16.6. The van der Waals surface area contributed by atoms with Crippen LogP contribution in [0.1, 0.15) is 48.9 Å². The summed E-state index contributed by atoms with van der Waals surface area (Å²) in [5, 5.41) is 14.4. The van der Waals surface area contributed by atoms with Gasteiger partial charge in [-0.25, -0.2) is 9.18 Å². The minimum Gasteiger partial charge on any atom is -0.370 e. The Bertz CT molecular complexity index is 1820. The average Bonchev–Trinajstić information content (AvgIpc) is 3.43. The molecule has 3 aromatic heterocycles. The Morgan fingerprint density at radius 1 is 1.13 bits per heavy atom. The molecular weight excluding hydrogens is 593 g/mol. The van der Waals surface area contributed by atoms with Gasteiger partial charge in [-0.3, -0.25) is 15.0 Å². The number of fused-ring (bicyclic) bond motifs is 1. The number of aryl methyl sites for hydroxylation is 1. The molecule has 2 aromatic carbocycles. The number of rotatable bonds is 13. The molecule has 0 aliphatic heterocycles. The van der Waals surface area contributed by atoms with Crippen LogP contribution in [0.4, 0.5) is 4.39 Å². The Kier molecular flexibility index (Phi) is 10.2. The number of hydrogen-bond donors (Lipinski definition) is 6. The molecule has 0 radical (unpaired) electrons. The number of hydrogen-bond acceptors (Lipinski definition) is 6. The van der Waals surface area contributed by atoms with E-state index in [-0.39, 0.29) is 23.1 Å². The molecule has 2 atom stereocenters. The van der Waals surface area contributed by atoms with Gasteiger partial charge in [0.2, 0.25) is 0 Å². The van der Waals surface area contributed by atoms with E-state index < -0.39 is 11.5 Å². The van der Waals surface area contributed by atoms with Gasteiger partial charge in [0.25, 0.3) is 0 Å². The van der Waals surface area contributed by atoms with Crippen LogP contribution < -0.4 is 27.8 Å². The van der Waals surface area contributed by atoms with Crippen LogP contribution in [0.2, 0.25) is 5.02 Å². The Labute approximate surface area is 265 Å². The zero-order valence-corrected chi connectivity index (χ0v) is 25.7. The molecule has 3 heterocycles. The van der Waals surface area contributed by atoms with Crippen molar-refractivity contribution in [2.24, 2.45) is 11.5 Å². The minimum absolute atomic E-state index is 0.0429. The molecule has 0 amide bonds. The maximum atomic E-state index is 15.2. The number of nitrogens with zero attached hydrogens (tertiary/aromatic N) is 3. The number of pyridine rings is 1. The normalized spacial score (nSPS) is 12.7. The van der Waals surface area contributed by atoms with Crippen LogP contribution in [0, 0.1) is 11.2 Å². The number of aromatic amines is 1. The fraction of sp³-hybridized carbons (Fsp3) is 0.273. The second kappa shape index (κ2) is 14.5. The second-order valence-corrected chi connectivity index (χ2v) is 11.6. The first-order chi connectivity index (χ1) is 21.7. The summed E-state index contributed by atoms with van der Waals surface area (Å²) in [6, 6.07) is 16.7. The van der Waals surface area contributed by atoms with Crippen LogP contribution in [-0.4, -0.2) is 44.6 Å². The van der Waals surface area contributed by atoms with Gasteiger partial charge in [-0.15, -0.1) is 0 Å². The minimum atomic E-state index is -0.531. The molecule has 45 heavy (non-hydrogen) atoms. The quantitative estimate of drug-likeness (QED) is 0.0619. The van der Waals surface area contributed by atoms with Crippen molar-refractivity contribution in [3.8, 4) is 16.9 Å². The van der Waals surface area contributed by atoms with Gasteiger partial charge in [0.05, 0.1) is 22.4 Å². The smallest absolute Gasteiger partial charge is 0.354 e. The van der Waals surface area contributed by atoms with Gasteiger partial charge in [0.1, 0.15) is 5.65 Å². The highest BCUT2D eigenvalue weighted by Gasteiger charge is 2.17. The van der Waals surface area contributed by atoms with Crippen LogP contribution in [0.5, 0.6) is 0 Å². The van der Waals surface area contributed by atoms with E-state index in [4.69, 9.17) is 28.5 Å². The summed E-state index contributed by atoms with van der Waals surface area (Å²) in [4.78, 5) is 24.7. The van der Waals surface area contributed by atoms with Crippen molar-refractivity contribution in [1.82, 2.24) is 30.2 Å². The van der Waals surface area contributed by atoms with Crippen molar-refractivity contribution in [3.05, 3.63) is 111 Å². The van der Waals surface area contributed by atoms with Crippen molar-refractivity contribution in [2.45, 2.75) is 44.7 Å². The molecule has 0 spiro atoms. The van der Waals surface area contributed by atoms with Crippen LogP contribution in [0.25, 0.3) is 28.0 Å². The van der Waals surface area contributed by atoms with Crippen LogP contribution >= 0.6 is 11.6 Å². The Hall–Kier alpha value is -4.58. The molecule has 0 saturated carbocycles. The molecule has 0 fully saturated rings. The largest absolute Gasteiger partial charge is 0.370 e. The summed E-state index contributed by atoms with van der Waals surface area (Å²) in [7, 11) is 0. The molecule has 8 N–H and O–H groups in total. The van der Waals surface area contributed by atoms with E-state index in [1.165, 1.54) is 4.57 Å². The topological polar surface area (TPSA) is 164 Å². The van der Waals surface area contributed by atoms with Gasteiger partial charge < -0.3 is 27.1 Å². The Balaban J connectivity index is 1.39. The molecule has 0 aliphatic rings. The summed E-state index contributed by atoms with van der Waals surface area (Å²) in [6.07, 6.45) is 8.45. The van der Waals surface area contributed by atoms with E-state index in [1.54, 1.807) is 30.6 Å². The first kappa shape index (κ1) is 31.8. The first-order valence-electron chi connectivity index (χ1n) is 14.9. The third-order valence-electron chi connectivity index (χ3n) is 7.55. The van der Waals surface area contributed by atoms with E-state index in [0.717, 1.165) is 42.4 Å². The highest BCUT2D eigenvalue weighted by molar-refractivity contribution is 6.31. The van der Waals surface area contributed by atoms with Gasteiger partial charge in [-0.1, -0.05) is 29.8 Å². The third kappa shape index (κ3) is 7.93. The van der Waals surface area contributed by atoms with Gasteiger partial charge in [0.15, 0.2) is 11.8 Å². The lowest BCUT2D eigenvalue weighted by Crippen LogP contribution is -2.33. The highest BCUT2D eigenvalue weighted by atomic mass is 35.5. The van der Waals surface area contributed by atoms with E-state index in [0.29, 0.717) is 41.1 Å². The number of benzene rings is 2. The summed E-state index contributed by atoms with van der Waals surface area (Å²) >= 11 is 6.26. The average molecular weight is 630 g/mol. The van der Waals surface area contributed by atoms with Gasteiger partial charge >= 0.3 is 5.69 Å². The number of H-pyrrole nitrogens is 1. The SMILES string of the molecule is C[C@H](N)CCCc1cc(Cl)c(F)c(-c2cc3cn(-c4ccc([C@@H](NCCCNC(=N)N)c5cccnc5)cc4)c(=O)nc3[nH]2)c1. The fourth-order valence-corrected chi connectivity index (χ4v) is 5.54. The maximum Gasteiger partial charge on any atom is 0.354 e. The van der Waals surface area contributed by atoms with E-state index in [1.807, 2.05) is 49.5 Å². The van der Waals surface area contributed by atoms with Gasteiger partial charge in [-0.2, -0.15) is 4.98 Å². The number of nitrogens with one attached hydrogen (secondary N) is 4. The van der Waals surface area contributed by atoms with Crippen LogP contribution in [0.3, 0.4) is 0 Å². The lowest BCUT2D eigenvalue weighted by molar-refractivity contribution is 0.577. The number of guanidine groups is 1. The molecule has 0 aliphatic carbocycles. The lowest BCUT2D eigenvalue weighted by atomic mass is 9.99. The van der Waals surface area contributed by atoms with Crippen molar-refractivity contribution in [2.75, 3.05) is 13.1 Å². The standard InChI is InChI=1S/C33H37ClFN9O/c1-20(36)5-2-6-21-15-26(29(35)27(34)16-21)28-17-24-19-44(33(45)43-31(24)42-28)25-10-8-22(9-11-25)30(23-7-3-12-39-18-23)40-13-4-14-41-32(37)38/h3,7-12,15-20,30,40H,2,4-6,13-14,36H2,1H3,(H4,37,38,41)(H,42,43,45)/t20-,30+/m0/s1. The second-order valence-electron chi connectivity index (χ2n) is 11.1. The maximum absolute atomic E-state index is 15.2.